The molecule has 154 valence electrons. The summed E-state index contributed by atoms with van der Waals surface area (Å²) in [6, 6.07) is 13.7. The van der Waals surface area contributed by atoms with Gasteiger partial charge in [-0.3, -0.25) is 24.2 Å². The molecule has 1 atom stereocenters. The van der Waals surface area contributed by atoms with E-state index < -0.39 is 29.3 Å². The van der Waals surface area contributed by atoms with Crippen LogP contribution in [0.15, 0.2) is 48.5 Å². The van der Waals surface area contributed by atoms with E-state index in [1.165, 1.54) is 5.56 Å². The third-order valence-electron chi connectivity index (χ3n) is 5.77. The van der Waals surface area contributed by atoms with Gasteiger partial charge in [0.15, 0.2) is 0 Å². The molecule has 0 saturated carbocycles. The van der Waals surface area contributed by atoms with E-state index >= 15 is 0 Å². The SMILES string of the molecule is CCCc1ccc([C@]2(C)NC(=O)N(CCN3C(=O)c4ccccc4C3=O)C2=O)cc1. The first kappa shape index (κ1) is 19.8. The summed E-state index contributed by atoms with van der Waals surface area (Å²) in [5.74, 6) is -1.21. The third-order valence-corrected chi connectivity index (χ3v) is 5.77. The molecule has 0 radical (unpaired) electrons. The van der Waals surface area contributed by atoms with Gasteiger partial charge in [0.25, 0.3) is 17.7 Å². The molecule has 0 bridgehead atoms. The van der Waals surface area contributed by atoms with E-state index in [9.17, 15) is 19.2 Å². The van der Waals surface area contributed by atoms with Gasteiger partial charge in [-0.15, -0.1) is 0 Å². The Bertz CT molecular complexity index is 1010. The summed E-state index contributed by atoms with van der Waals surface area (Å²) in [6.07, 6.45) is 1.97. The standard InChI is InChI=1S/C23H23N3O4/c1-3-6-15-9-11-16(12-10-15)23(2)21(29)26(22(30)24-23)14-13-25-19(27)17-7-4-5-8-18(17)20(25)28/h4-5,7-12H,3,6,13-14H2,1-2H3,(H,24,30)/t23-/m0/s1. The molecule has 1 N–H and O–H groups in total. The van der Waals surface area contributed by atoms with E-state index in [1.807, 2.05) is 24.3 Å². The van der Waals surface area contributed by atoms with Crippen molar-refractivity contribution in [2.45, 2.75) is 32.2 Å². The maximum Gasteiger partial charge on any atom is 0.325 e. The lowest BCUT2D eigenvalue weighted by molar-refractivity contribution is -0.131. The second kappa shape index (κ2) is 7.40. The van der Waals surface area contributed by atoms with Gasteiger partial charge in [0.05, 0.1) is 11.1 Å². The monoisotopic (exact) mass is 405 g/mol. The van der Waals surface area contributed by atoms with E-state index in [-0.39, 0.29) is 13.1 Å². The van der Waals surface area contributed by atoms with Crippen molar-refractivity contribution in [2.24, 2.45) is 0 Å². The van der Waals surface area contributed by atoms with Crippen molar-refractivity contribution in [2.75, 3.05) is 13.1 Å². The quantitative estimate of drug-likeness (QED) is 0.591. The average molecular weight is 405 g/mol. The van der Waals surface area contributed by atoms with Gasteiger partial charge < -0.3 is 5.32 Å². The molecule has 0 aliphatic carbocycles. The zero-order valence-corrected chi connectivity index (χ0v) is 17.0. The van der Waals surface area contributed by atoms with Crippen molar-refractivity contribution < 1.29 is 19.2 Å². The predicted molar refractivity (Wildman–Crippen MR) is 110 cm³/mol. The van der Waals surface area contributed by atoms with Gasteiger partial charge in [0, 0.05) is 13.1 Å². The molecule has 2 aromatic rings. The highest BCUT2D eigenvalue weighted by Gasteiger charge is 2.49. The molecule has 0 aromatic heterocycles. The van der Waals surface area contributed by atoms with Gasteiger partial charge in [-0.25, -0.2) is 4.79 Å². The summed E-state index contributed by atoms with van der Waals surface area (Å²) in [5.41, 5.74) is 1.38. The smallest absolute Gasteiger partial charge is 0.319 e. The highest BCUT2D eigenvalue weighted by Crippen LogP contribution is 2.29. The summed E-state index contributed by atoms with van der Waals surface area (Å²) in [5, 5.41) is 2.76. The number of hydrogen-bond acceptors (Lipinski definition) is 4. The normalized spacial score (nSPS) is 20.7. The molecule has 0 spiro atoms. The fourth-order valence-corrected chi connectivity index (χ4v) is 4.03. The van der Waals surface area contributed by atoms with Crippen molar-refractivity contribution in [3.05, 3.63) is 70.8 Å². The van der Waals surface area contributed by atoms with Crippen molar-refractivity contribution in [3.8, 4) is 0 Å². The molecule has 2 aliphatic heterocycles. The summed E-state index contributed by atoms with van der Waals surface area (Å²) in [7, 11) is 0. The molecule has 4 rings (SSSR count). The zero-order valence-electron chi connectivity index (χ0n) is 17.0. The molecule has 7 nitrogen and oxygen atoms in total. The molecular weight excluding hydrogens is 382 g/mol. The number of amides is 5. The number of hydrogen-bond donors (Lipinski definition) is 1. The van der Waals surface area contributed by atoms with Crippen LogP contribution in [-0.2, 0) is 16.8 Å². The number of aryl methyl sites for hydroxylation is 1. The van der Waals surface area contributed by atoms with Gasteiger partial charge in [-0.05, 0) is 36.6 Å². The van der Waals surface area contributed by atoms with Gasteiger partial charge in [-0.2, -0.15) is 0 Å². The Morgan fingerprint density at radius 3 is 1.97 bits per heavy atom. The summed E-state index contributed by atoms with van der Waals surface area (Å²) in [6.45, 7) is 3.67. The highest BCUT2D eigenvalue weighted by molar-refractivity contribution is 6.21. The number of nitrogens with zero attached hydrogens (tertiary/aromatic N) is 2. The fourth-order valence-electron chi connectivity index (χ4n) is 4.03. The van der Waals surface area contributed by atoms with Crippen LogP contribution in [0.25, 0.3) is 0 Å². The van der Waals surface area contributed by atoms with Crippen molar-refractivity contribution in [1.29, 1.82) is 0 Å². The van der Waals surface area contributed by atoms with E-state index in [2.05, 4.69) is 12.2 Å². The topological polar surface area (TPSA) is 86.8 Å². The van der Waals surface area contributed by atoms with Crippen LogP contribution in [0, 0.1) is 0 Å². The molecule has 2 aliphatic rings. The van der Waals surface area contributed by atoms with E-state index in [4.69, 9.17) is 0 Å². The molecule has 0 unspecified atom stereocenters. The summed E-state index contributed by atoms with van der Waals surface area (Å²) >= 11 is 0. The number of urea groups is 1. The Morgan fingerprint density at radius 2 is 1.40 bits per heavy atom. The van der Waals surface area contributed by atoms with Gasteiger partial charge in [0.1, 0.15) is 5.54 Å². The second-order valence-corrected chi connectivity index (χ2v) is 7.77. The second-order valence-electron chi connectivity index (χ2n) is 7.77. The largest absolute Gasteiger partial charge is 0.325 e. The minimum absolute atomic E-state index is 0.0446. The van der Waals surface area contributed by atoms with Crippen LogP contribution in [0.3, 0.4) is 0 Å². The van der Waals surface area contributed by atoms with Gasteiger partial charge in [-0.1, -0.05) is 49.7 Å². The zero-order chi connectivity index (χ0) is 21.5. The average Bonchev–Trinajstić information content (AvgIpc) is 3.12. The van der Waals surface area contributed by atoms with Crippen LogP contribution in [0.1, 0.15) is 52.1 Å². The number of carbonyl (C=O) groups is 4. The number of fused-ring (bicyclic) bond motifs is 1. The minimum atomic E-state index is -1.18. The van der Waals surface area contributed by atoms with E-state index in [0.29, 0.717) is 16.7 Å². The van der Waals surface area contributed by atoms with Gasteiger partial charge >= 0.3 is 6.03 Å². The van der Waals surface area contributed by atoms with E-state index in [1.54, 1.807) is 31.2 Å². The molecular formula is C23H23N3O4. The fraction of sp³-hybridized carbons (Fsp3) is 0.304. The number of benzene rings is 2. The van der Waals surface area contributed by atoms with Crippen molar-refractivity contribution >= 4 is 23.8 Å². The first-order chi connectivity index (χ1) is 14.4. The van der Waals surface area contributed by atoms with Gasteiger partial charge in [0.2, 0.25) is 0 Å². The lowest BCUT2D eigenvalue weighted by atomic mass is 9.91. The lowest BCUT2D eigenvalue weighted by Crippen LogP contribution is -2.43. The van der Waals surface area contributed by atoms with Crippen LogP contribution < -0.4 is 5.32 Å². The highest BCUT2D eigenvalue weighted by atomic mass is 16.2. The molecule has 5 amide bonds. The Hall–Kier alpha value is -3.48. The van der Waals surface area contributed by atoms with Crippen molar-refractivity contribution in [1.82, 2.24) is 15.1 Å². The molecule has 7 heteroatoms. The molecule has 1 saturated heterocycles. The van der Waals surface area contributed by atoms with Crippen LogP contribution in [-0.4, -0.2) is 46.6 Å². The lowest BCUT2D eigenvalue weighted by Gasteiger charge is -2.23. The van der Waals surface area contributed by atoms with Crippen LogP contribution in [0.2, 0.25) is 0 Å². The Balaban J connectivity index is 1.48. The number of rotatable bonds is 6. The Kier molecular flexibility index (Phi) is 4.89. The molecule has 2 heterocycles. The number of imide groups is 2. The van der Waals surface area contributed by atoms with Crippen LogP contribution >= 0.6 is 0 Å². The van der Waals surface area contributed by atoms with Crippen LogP contribution in [0.5, 0.6) is 0 Å². The number of nitrogens with one attached hydrogen (secondary N) is 1. The molecule has 2 aromatic carbocycles. The summed E-state index contributed by atoms with van der Waals surface area (Å²) in [4.78, 5) is 52.8. The van der Waals surface area contributed by atoms with E-state index in [0.717, 1.165) is 22.6 Å². The van der Waals surface area contributed by atoms with Crippen molar-refractivity contribution in [3.63, 3.8) is 0 Å². The predicted octanol–water partition coefficient (Wildman–Crippen LogP) is 2.70. The Labute approximate surface area is 174 Å². The maximum atomic E-state index is 13.1. The first-order valence-corrected chi connectivity index (χ1v) is 10.1. The van der Waals surface area contributed by atoms with Crippen LogP contribution in [0.4, 0.5) is 4.79 Å². The first-order valence-electron chi connectivity index (χ1n) is 10.1. The third kappa shape index (κ3) is 3.07. The number of carbonyl (C=O) groups excluding carboxylic acids is 4. The Morgan fingerprint density at radius 1 is 0.833 bits per heavy atom. The minimum Gasteiger partial charge on any atom is -0.319 e. The molecule has 1 fully saturated rings. The summed E-state index contributed by atoms with van der Waals surface area (Å²) < 4.78 is 0. The molecule has 30 heavy (non-hydrogen) atoms. The maximum absolute atomic E-state index is 13.1.